The molecule has 0 aromatic carbocycles. The average molecular weight is 253 g/mol. The van der Waals surface area contributed by atoms with E-state index in [2.05, 4.69) is 24.1 Å². The maximum Gasteiger partial charge on any atom is 0.251 e. The molecule has 94 valence electrons. The van der Waals surface area contributed by atoms with E-state index in [1.165, 1.54) is 0 Å². The van der Waals surface area contributed by atoms with Crippen molar-refractivity contribution < 1.29 is 4.79 Å². The molecular weight excluding hydrogens is 234 g/mol. The third kappa shape index (κ3) is 4.26. The van der Waals surface area contributed by atoms with Crippen LogP contribution in [-0.4, -0.2) is 28.4 Å². The Morgan fingerprint density at radius 1 is 1.53 bits per heavy atom. The Labute approximate surface area is 106 Å². The number of carbonyl (C=O) groups excluding carboxylic acids is 1. The van der Waals surface area contributed by atoms with Gasteiger partial charge in [0.25, 0.3) is 5.91 Å². The smallest absolute Gasteiger partial charge is 0.251 e. The van der Waals surface area contributed by atoms with Gasteiger partial charge >= 0.3 is 0 Å². The summed E-state index contributed by atoms with van der Waals surface area (Å²) in [4.78, 5) is 15.9. The van der Waals surface area contributed by atoms with E-state index in [1.54, 1.807) is 23.9 Å². The van der Waals surface area contributed by atoms with Gasteiger partial charge in [0.2, 0.25) is 0 Å². The summed E-state index contributed by atoms with van der Waals surface area (Å²) in [5.41, 5.74) is 6.92. The minimum Gasteiger partial charge on any atom is -0.384 e. The third-order valence-electron chi connectivity index (χ3n) is 2.46. The monoisotopic (exact) mass is 253 g/mol. The molecule has 0 aliphatic rings. The van der Waals surface area contributed by atoms with Crippen molar-refractivity contribution in [2.24, 2.45) is 0 Å². The molecule has 0 unspecified atom stereocenters. The van der Waals surface area contributed by atoms with E-state index in [-0.39, 0.29) is 10.7 Å². The summed E-state index contributed by atoms with van der Waals surface area (Å²) in [6.07, 6.45) is 2.03. The molecule has 1 aromatic rings. The van der Waals surface area contributed by atoms with E-state index < -0.39 is 0 Å². The molecule has 1 aromatic heterocycles. The molecule has 0 atom stereocenters. The first-order valence-corrected chi connectivity index (χ1v) is 6.64. The van der Waals surface area contributed by atoms with Gasteiger partial charge in [-0.15, -0.1) is 0 Å². The molecule has 0 fully saturated rings. The molecular formula is C12H19N3OS. The van der Waals surface area contributed by atoms with Crippen molar-refractivity contribution in [1.82, 2.24) is 10.3 Å². The van der Waals surface area contributed by atoms with E-state index in [4.69, 9.17) is 5.73 Å². The maximum absolute atomic E-state index is 11.9. The zero-order valence-electron chi connectivity index (χ0n) is 10.7. The molecule has 0 saturated carbocycles. The van der Waals surface area contributed by atoms with E-state index in [9.17, 15) is 4.79 Å². The van der Waals surface area contributed by atoms with E-state index >= 15 is 0 Å². The number of nitrogens with zero attached hydrogens (tertiary/aromatic N) is 1. The lowest BCUT2D eigenvalue weighted by atomic mass is 10.2. The first-order chi connectivity index (χ1) is 7.84. The minimum absolute atomic E-state index is 0.0310. The van der Waals surface area contributed by atoms with Crippen LogP contribution in [0.5, 0.6) is 0 Å². The number of anilines is 1. The number of thioether (sulfide) groups is 1. The highest BCUT2D eigenvalue weighted by Crippen LogP contribution is 2.19. The summed E-state index contributed by atoms with van der Waals surface area (Å²) >= 11 is 1.72. The van der Waals surface area contributed by atoms with Crippen LogP contribution in [0.2, 0.25) is 0 Å². The van der Waals surface area contributed by atoms with Gasteiger partial charge in [0, 0.05) is 22.5 Å². The van der Waals surface area contributed by atoms with Gasteiger partial charge < -0.3 is 11.1 Å². The third-order valence-corrected chi connectivity index (χ3v) is 3.71. The van der Waals surface area contributed by atoms with Crippen LogP contribution in [0, 0.1) is 6.92 Å². The fraction of sp³-hybridized carbons (Fsp3) is 0.500. The SMILES string of the molecule is CSC(C)(C)CNC(=O)c1cc(C)nc(N)c1. The maximum atomic E-state index is 11.9. The molecule has 4 nitrogen and oxygen atoms in total. The highest BCUT2D eigenvalue weighted by atomic mass is 32.2. The van der Waals surface area contributed by atoms with Crippen LogP contribution in [0.4, 0.5) is 5.82 Å². The molecule has 0 aliphatic carbocycles. The van der Waals surface area contributed by atoms with Crippen molar-refractivity contribution in [2.75, 3.05) is 18.5 Å². The van der Waals surface area contributed by atoms with Crippen LogP contribution in [0.15, 0.2) is 12.1 Å². The number of aryl methyl sites for hydroxylation is 1. The van der Waals surface area contributed by atoms with E-state index in [0.29, 0.717) is 17.9 Å². The first kappa shape index (κ1) is 13.8. The van der Waals surface area contributed by atoms with Crippen LogP contribution in [-0.2, 0) is 0 Å². The Kier molecular flexibility index (Phi) is 4.40. The number of hydrogen-bond donors (Lipinski definition) is 2. The van der Waals surface area contributed by atoms with Gasteiger partial charge in [0.05, 0.1) is 0 Å². The summed E-state index contributed by atoms with van der Waals surface area (Å²) < 4.78 is 0.0310. The van der Waals surface area contributed by atoms with Crippen molar-refractivity contribution >= 4 is 23.5 Å². The molecule has 1 amide bonds. The summed E-state index contributed by atoms with van der Waals surface area (Å²) in [6.45, 7) is 6.61. The molecule has 0 aliphatic heterocycles. The van der Waals surface area contributed by atoms with Gasteiger partial charge in [0.15, 0.2) is 0 Å². The van der Waals surface area contributed by atoms with Crippen LogP contribution < -0.4 is 11.1 Å². The largest absolute Gasteiger partial charge is 0.384 e. The quantitative estimate of drug-likeness (QED) is 0.859. The van der Waals surface area contributed by atoms with Crippen molar-refractivity contribution in [2.45, 2.75) is 25.5 Å². The van der Waals surface area contributed by atoms with Crippen LogP contribution in [0.3, 0.4) is 0 Å². The number of rotatable bonds is 4. The molecule has 0 spiro atoms. The number of nitrogens with two attached hydrogens (primary N) is 1. The predicted octanol–water partition coefficient (Wildman–Crippen LogP) is 1.84. The number of hydrogen-bond acceptors (Lipinski definition) is 4. The Morgan fingerprint density at radius 3 is 2.71 bits per heavy atom. The van der Waals surface area contributed by atoms with Crippen molar-refractivity contribution in [3.63, 3.8) is 0 Å². The van der Waals surface area contributed by atoms with Crippen LogP contribution in [0.1, 0.15) is 29.9 Å². The van der Waals surface area contributed by atoms with Crippen LogP contribution in [0.25, 0.3) is 0 Å². The Morgan fingerprint density at radius 2 is 2.18 bits per heavy atom. The predicted molar refractivity (Wildman–Crippen MR) is 73.3 cm³/mol. The highest BCUT2D eigenvalue weighted by Gasteiger charge is 2.17. The first-order valence-electron chi connectivity index (χ1n) is 5.41. The highest BCUT2D eigenvalue weighted by molar-refractivity contribution is 7.99. The number of amides is 1. The molecule has 1 heterocycles. The molecule has 0 bridgehead atoms. The van der Waals surface area contributed by atoms with Gasteiger partial charge in [-0.1, -0.05) is 0 Å². The van der Waals surface area contributed by atoms with Gasteiger partial charge in [-0.2, -0.15) is 11.8 Å². The Bertz CT molecular complexity index is 398. The van der Waals surface area contributed by atoms with Crippen molar-refractivity contribution in [3.05, 3.63) is 23.4 Å². The van der Waals surface area contributed by atoms with E-state index in [0.717, 1.165) is 5.69 Å². The molecule has 17 heavy (non-hydrogen) atoms. The lowest BCUT2D eigenvalue weighted by molar-refractivity contribution is 0.0950. The second kappa shape index (κ2) is 5.40. The standard InChI is InChI=1S/C12H19N3OS/c1-8-5-9(6-10(13)15-8)11(16)14-7-12(2,3)17-4/h5-6H,7H2,1-4H3,(H2,13,15)(H,14,16). The second-order valence-electron chi connectivity index (χ2n) is 4.57. The molecule has 0 saturated heterocycles. The van der Waals surface area contributed by atoms with Crippen molar-refractivity contribution in [1.29, 1.82) is 0 Å². The van der Waals surface area contributed by atoms with Gasteiger partial charge in [-0.25, -0.2) is 4.98 Å². The Hall–Kier alpha value is -1.23. The number of carbonyl (C=O) groups is 1. The van der Waals surface area contributed by atoms with Gasteiger partial charge in [0.1, 0.15) is 5.82 Å². The molecule has 0 radical (unpaired) electrons. The minimum atomic E-state index is -0.107. The fourth-order valence-electron chi connectivity index (χ4n) is 1.29. The second-order valence-corrected chi connectivity index (χ2v) is 6.08. The van der Waals surface area contributed by atoms with Gasteiger partial charge in [-0.3, -0.25) is 4.79 Å². The molecule has 5 heteroatoms. The summed E-state index contributed by atoms with van der Waals surface area (Å²) in [5, 5.41) is 2.90. The number of nitrogen functional groups attached to an aromatic ring is 1. The van der Waals surface area contributed by atoms with Crippen molar-refractivity contribution in [3.8, 4) is 0 Å². The van der Waals surface area contributed by atoms with Crippen LogP contribution >= 0.6 is 11.8 Å². The molecule has 1 rings (SSSR count). The zero-order valence-corrected chi connectivity index (χ0v) is 11.5. The lowest BCUT2D eigenvalue weighted by Crippen LogP contribution is -2.36. The Balaban J connectivity index is 2.70. The average Bonchev–Trinajstić information content (AvgIpc) is 2.24. The zero-order chi connectivity index (χ0) is 13.1. The molecule has 3 N–H and O–H groups in total. The summed E-state index contributed by atoms with van der Waals surface area (Å²) in [7, 11) is 0. The number of aromatic nitrogens is 1. The normalized spacial score (nSPS) is 11.3. The number of nitrogens with one attached hydrogen (secondary N) is 1. The van der Waals surface area contributed by atoms with Gasteiger partial charge in [-0.05, 0) is 39.2 Å². The fourth-order valence-corrected chi connectivity index (χ4v) is 1.51. The summed E-state index contributed by atoms with van der Waals surface area (Å²) in [6, 6.07) is 3.33. The summed E-state index contributed by atoms with van der Waals surface area (Å²) in [5.74, 6) is 0.267. The number of pyridine rings is 1. The van der Waals surface area contributed by atoms with E-state index in [1.807, 2.05) is 13.2 Å². The lowest BCUT2D eigenvalue weighted by Gasteiger charge is -2.22. The topological polar surface area (TPSA) is 68.0 Å².